The molecule has 7 nitrogen and oxygen atoms in total. The van der Waals surface area contributed by atoms with Gasteiger partial charge in [-0.1, -0.05) is 11.8 Å². The highest BCUT2D eigenvalue weighted by atomic mass is 32.2. The molecule has 4 rings (SSSR count). The Labute approximate surface area is 178 Å². The summed E-state index contributed by atoms with van der Waals surface area (Å²) in [5.41, 5.74) is 2.10. The molecule has 0 unspecified atom stereocenters. The topological polar surface area (TPSA) is 81.6 Å². The summed E-state index contributed by atoms with van der Waals surface area (Å²) in [7, 11) is 1.61. The fourth-order valence-corrected chi connectivity index (χ4v) is 4.39. The van der Waals surface area contributed by atoms with Crippen molar-refractivity contribution >= 4 is 40.2 Å². The van der Waals surface area contributed by atoms with E-state index in [-0.39, 0.29) is 18.2 Å². The SMILES string of the molecule is CCOc1ccc(N2C(=O)C[C@@H](Sc3nc(C)c4cc(OC)ccc4n3)C2=O)cc1. The average molecular weight is 423 g/mol. The van der Waals surface area contributed by atoms with Gasteiger partial charge in [0.05, 0.1) is 24.9 Å². The maximum Gasteiger partial charge on any atom is 0.247 e. The third kappa shape index (κ3) is 3.82. The van der Waals surface area contributed by atoms with E-state index in [0.717, 1.165) is 22.3 Å². The maximum absolute atomic E-state index is 12.9. The number of ether oxygens (including phenoxy) is 2. The van der Waals surface area contributed by atoms with E-state index in [4.69, 9.17) is 9.47 Å². The molecule has 1 aromatic heterocycles. The molecule has 154 valence electrons. The molecule has 8 heteroatoms. The smallest absolute Gasteiger partial charge is 0.247 e. The summed E-state index contributed by atoms with van der Waals surface area (Å²) in [6.45, 7) is 4.34. The van der Waals surface area contributed by atoms with Crippen LogP contribution in [-0.4, -0.2) is 40.7 Å². The zero-order valence-corrected chi connectivity index (χ0v) is 17.7. The lowest BCUT2D eigenvalue weighted by atomic mass is 10.2. The minimum atomic E-state index is -0.556. The molecule has 0 bridgehead atoms. The molecule has 1 saturated heterocycles. The number of benzene rings is 2. The Balaban J connectivity index is 1.55. The molecule has 1 fully saturated rings. The molecule has 2 amide bonds. The van der Waals surface area contributed by atoms with Gasteiger partial charge in [0.2, 0.25) is 11.8 Å². The third-order valence-electron chi connectivity index (χ3n) is 4.83. The van der Waals surface area contributed by atoms with E-state index in [2.05, 4.69) is 9.97 Å². The first-order chi connectivity index (χ1) is 14.5. The summed E-state index contributed by atoms with van der Waals surface area (Å²) in [5.74, 6) is 0.939. The summed E-state index contributed by atoms with van der Waals surface area (Å²) in [6.07, 6.45) is 0.111. The van der Waals surface area contributed by atoms with Gasteiger partial charge in [-0.3, -0.25) is 9.59 Å². The molecule has 0 aliphatic carbocycles. The number of anilines is 1. The van der Waals surface area contributed by atoms with Crippen molar-refractivity contribution in [3.8, 4) is 11.5 Å². The van der Waals surface area contributed by atoms with E-state index in [1.165, 1.54) is 16.7 Å². The number of hydrogen-bond donors (Lipinski definition) is 0. The van der Waals surface area contributed by atoms with Crippen molar-refractivity contribution in [1.82, 2.24) is 9.97 Å². The Hall–Kier alpha value is -3.13. The molecule has 0 spiro atoms. The molecule has 0 radical (unpaired) electrons. The Morgan fingerprint density at radius 2 is 1.83 bits per heavy atom. The summed E-state index contributed by atoms with van der Waals surface area (Å²) in [5, 5.41) is 0.813. The number of carbonyl (C=O) groups excluding carboxylic acids is 2. The number of nitrogens with zero attached hydrogens (tertiary/aromatic N) is 3. The zero-order valence-electron chi connectivity index (χ0n) is 16.9. The molecule has 1 aliphatic rings. The molecule has 0 N–H and O–H groups in total. The first-order valence-corrected chi connectivity index (χ1v) is 10.5. The second-order valence-electron chi connectivity index (χ2n) is 6.78. The lowest BCUT2D eigenvalue weighted by molar-refractivity contribution is -0.121. The van der Waals surface area contributed by atoms with Crippen molar-refractivity contribution in [3.05, 3.63) is 48.2 Å². The van der Waals surface area contributed by atoms with Crippen molar-refractivity contribution < 1.29 is 19.1 Å². The lowest BCUT2D eigenvalue weighted by Crippen LogP contribution is -2.31. The van der Waals surface area contributed by atoms with Crippen LogP contribution in [-0.2, 0) is 9.59 Å². The highest BCUT2D eigenvalue weighted by Gasteiger charge is 2.40. The van der Waals surface area contributed by atoms with E-state index in [1.54, 1.807) is 31.4 Å². The van der Waals surface area contributed by atoms with E-state index in [0.29, 0.717) is 23.2 Å². The molecule has 1 atom stereocenters. The lowest BCUT2D eigenvalue weighted by Gasteiger charge is -2.15. The molecule has 2 heterocycles. The Morgan fingerprint density at radius 3 is 2.53 bits per heavy atom. The van der Waals surface area contributed by atoms with Gasteiger partial charge < -0.3 is 9.47 Å². The van der Waals surface area contributed by atoms with Crippen LogP contribution < -0.4 is 14.4 Å². The predicted molar refractivity (Wildman–Crippen MR) is 115 cm³/mol. The van der Waals surface area contributed by atoms with Crippen LogP contribution in [0.5, 0.6) is 11.5 Å². The first-order valence-electron chi connectivity index (χ1n) is 9.59. The van der Waals surface area contributed by atoms with Crippen molar-refractivity contribution in [3.63, 3.8) is 0 Å². The Kier molecular flexibility index (Phi) is 5.59. The maximum atomic E-state index is 12.9. The summed E-state index contributed by atoms with van der Waals surface area (Å²) < 4.78 is 10.7. The Morgan fingerprint density at radius 1 is 1.10 bits per heavy atom. The van der Waals surface area contributed by atoms with Crippen molar-refractivity contribution in [2.45, 2.75) is 30.7 Å². The number of rotatable bonds is 6. The van der Waals surface area contributed by atoms with Crippen LogP contribution in [0, 0.1) is 6.92 Å². The minimum absolute atomic E-state index is 0.111. The number of imide groups is 1. The summed E-state index contributed by atoms with van der Waals surface area (Å²) in [6, 6.07) is 12.5. The van der Waals surface area contributed by atoms with Crippen LogP contribution >= 0.6 is 11.8 Å². The molecule has 3 aromatic rings. The zero-order chi connectivity index (χ0) is 21.3. The van der Waals surface area contributed by atoms with Gasteiger partial charge in [-0.05, 0) is 56.3 Å². The van der Waals surface area contributed by atoms with Crippen LogP contribution in [0.25, 0.3) is 10.9 Å². The van der Waals surface area contributed by atoms with Crippen LogP contribution in [0.1, 0.15) is 19.0 Å². The number of thioether (sulfide) groups is 1. The highest BCUT2D eigenvalue weighted by molar-refractivity contribution is 8.00. The molecular formula is C22H21N3O4S. The highest BCUT2D eigenvalue weighted by Crippen LogP contribution is 2.34. The Bertz CT molecular complexity index is 1120. The normalized spacial score (nSPS) is 16.4. The van der Waals surface area contributed by atoms with Crippen LogP contribution in [0.2, 0.25) is 0 Å². The monoisotopic (exact) mass is 423 g/mol. The van der Waals surface area contributed by atoms with Crippen molar-refractivity contribution in [2.24, 2.45) is 0 Å². The van der Waals surface area contributed by atoms with Gasteiger partial charge in [-0.15, -0.1) is 0 Å². The fourth-order valence-electron chi connectivity index (χ4n) is 3.37. The molecule has 0 saturated carbocycles. The average Bonchev–Trinajstić information content (AvgIpc) is 3.01. The van der Waals surface area contributed by atoms with Gasteiger partial charge in [0.15, 0.2) is 5.16 Å². The second-order valence-corrected chi connectivity index (χ2v) is 7.95. The van der Waals surface area contributed by atoms with Gasteiger partial charge in [-0.25, -0.2) is 14.9 Å². The van der Waals surface area contributed by atoms with E-state index in [9.17, 15) is 9.59 Å². The van der Waals surface area contributed by atoms with Crippen LogP contribution in [0.15, 0.2) is 47.6 Å². The number of carbonyl (C=O) groups is 2. The number of aromatic nitrogens is 2. The van der Waals surface area contributed by atoms with E-state index in [1.807, 2.05) is 32.0 Å². The minimum Gasteiger partial charge on any atom is -0.497 e. The summed E-state index contributed by atoms with van der Waals surface area (Å²) >= 11 is 1.22. The number of fused-ring (bicyclic) bond motifs is 1. The van der Waals surface area contributed by atoms with Crippen LogP contribution in [0.4, 0.5) is 5.69 Å². The number of methoxy groups -OCH3 is 1. The van der Waals surface area contributed by atoms with Gasteiger partial charge in [0, 0.05) is 17.5 Å². The third-order valence-corrected chi connectivity index (χ3v) is 5.88. The molecule has 1 aliphatic heterocycles. The molecule has 30 heavy (non-hydrogen) atoms. The first kappa shape index (κ1) is 20.2. The quantitative estimate of drug-likeness (QED) is 0.441. The number of amides is 2. The van der Waals surface area contributed by atoms with Crippen molar-refractivity contribution in [2.75, 3.05) is 18.6 Å². The largest absolute Gasteiger partial charge is 0.497 e. The van der Waals surface area contributed by atoms with Gasteiger partial charge in [0.1, 0.15) is 16.7 Å². The number of hydrogen-bond acceptors (Lipinski definition) is 7. The van der Waals surface area contributed by atoms with Crippen molar-refractivity contribution in [1.29, 1.82) is 0 Å². The van der Waals surface area contributed by atoms with E-state index < -0.39 is 5.25 Å². The predicted octanol–water partition coefficient (Wildman–Crippen LogP) is 3.77. The second kappa shape index (κ2) is 8.31. The fraction of sp³-hybridized carbons (Fsp3) is 0.273. The van der Waals surface area contributed by atoms with Gasteiger partial charge in [0.25, 0.3) is 0 Å². The van der Waals surface area contributed by atoms with Crippen LogP contribution in [0.3, 0.4) is 0 Å². The number of aryl methyl sites for hydroxylation is 1. The van der Waals surface area contributed by atoms with Gasteiger partial charge in [-0.2, -0.15) is 0 Å². The molecular weight excluding hydrogens is 402 g/mol. The summed E-state index contributed by atoms with van der Waals surface area (Å²) in [4.78, 5) is 35.8. The van der Waals surface area contributed by atoms with E-state index >= 15 is 0 Å². The van der Waals surface area contributed by atoms with Gasteiger partial charge >= 0.3 is 0 Å². The standard InChI is InChI=1S/C22H21N3O4S/c1-4-29-15-7-5-14(6-8-15)25-20(26)12-19(21(25)27)30-22-23-13(2)17-11-16(28-3)9-10-18(17)24-22/h5-11,19H,4,12H2,1-3H3/t19-/m1/s1. The molecule has 2 aromatic carbocycles.